The van der Waals surface area contributed by atoms with Gasteiger partial charge in [0.15, 0.2) is 0 Å². The molecular formula is C137H19N. The number of hydrogen-bond acceptors (Lipinski definition) is 1. The quantitative estimate of drug-likeness (QED) is 0.329. The summed E-state index contributed by atoms with van der Waals surface area (Å²) in [4.78, 5) is 5.15. The van der Waals surface area contributed by atoms with E-state index in [1.807, 2.05) is 0 Å². The molecule has 0 aromatic carbocycles. The number of nitrogens with zero attached hydrogens (tertiary/aromatic N) is 1. The van der Waals surface area contributed by atoms with Crippen LogP contribution in [-0.4, -0.2) is 12.3 Å². The maximum Gasteiger partial charge on any atom is 0.0800 e. The normalized spacial score (nSPS) is 8.63. The molecule has 1 nitrogen and oxygen atoms in total. The molecule has 3 unspecified atom stereocenters. The molecule has 1 fully saturated rings. The fourth-order valence-electron chi connectivity index (χ4n) is 7.99. The van der Waals surface area contributed by atoms with Gasteiger partial charge in [-0.3, -0.25) is 4.99 Å². The summed E-state index contributed by atoms with van der Waals surface area (Å²) < 4.78 is 0. The molecule has 3 rings (SSSR count). The molecule has 138 heavy (non-hydrogen) atoms. The summed E-state index contributed by atoms with van der Waals surface area (Å²) >= 11 is 0. The summed E-state index contributed by atoms with van der Waals surface area (Å²) in [5.41, 5.74) is -0.468. The van der Waals surface area contributed by atoms with Gasteiger partial charge < -0.3 is 0 Å². The van der Waals surface area contributed by atoms with Crippen LogP contribution in [0, 0.1) is 741 Å². The van der Waals surface area contributed by atoms with Crippen molar-refractivity contribution in [2.75, 3.05) is 6.54 Å². The van der Waals surface area contributed by atoms with Crippen LogP contribution in [0.2, 0.25) is 0 Å². The Morgan fingerprint density at radius 1 is 0.174 bits per heavy atom. The van der Waals surface area contributed by atoms with Crippen LogP contribution in [0.25, 0.3) is 0 Å². The highest BCUT2D eigenvalue weighted by Gasteiger charge is 2.64. The molecule has 1 aliphatic heterocycles. The minimum absolute atomic E-state index is 0.0516. The van der Waals surface area contributed by atoms with E-state index in [1.165, 1.54) is 0 Å². The van der Waals surface area contributed by atoms with E-state index in [4.69, 9.17) is 24.3 Å². The molecule has 0 radical (unpaired) electrons. The van der Waals surface area contributed by atoms with Gasteiger partial charge in [0.2, 0.25) is 0 Å². The van der Waals surface area contributed by atoms with E-state index in [-0.39, 0.29) is 28.8 Å². The second-order valence-electron chi connectivity index (χ2n) is 20.3. The topological polar surface area (TPSA) is 12.4 Å². The van der Waals surface area contributed by atoms with Crippen LogP contribution < -0.4 is 0 Å². The lowest BCUT2D eigenvalue weighted by atomic mass is 9.63. The average molecular weight is 1680 g/mol. The SMILES string of the molecule is C#CC#CC#CC#CC#CC#CC#CC#CC#CC#CC1=C(C#CC#CC#CC#CC#CC#CC#CC#CC#CC#CC)C(C#CC#CC#CC#CC#CC#CC#CC#CC#CC)=C(C#CC#CC#CC#CC#CC#CC#CC#CC#C)C12C(C#CC#CC#CC#CC#CC#CC#CC#C)C1=NCC(C#CC#CC#CC#CC#CC#CC#CC#CC)=C1C2C#CC#CC#CC#CC#CC#CC#CC. The number of terminal acetylenes is 3. The molecule has 2 aliphatic carbocycles. The summed E-state index contributed by atoms with van der Waals surface area (Å²) in [6.07, 6.45) is 15.4. The highest BCUT2D eigenvalue weighted by Crippen LogP contribution is 2.64. The van der Waals surface area contributed by atoms with Crippen LogP contribution in [0.4, 0.5) is 0 Å². The first-order valence-electron chi connectivity index (χ1n) is 36.5. The Kier molecular flexibility index (Phi) is 60.5. The number of fused-ring (bicyclic) bond motifs is 1. The van der Waals surface area contributed by atoms with Crippen LogP contribution in [0.1, 0.15) is 27.7 Å². The molecule has 572 valence electrons. The first-order valence-corrected chi connectivity index (χ1v) is 36.5. The third-order valence-electron chi connectivity index (χ3n) is 12.3. The molecule has 0 bridgehead atoms. The molecule has 1 heteroatoms. The van der Waals surface area contributed by atoms with Crippen molar-refractivity contribution >= 4 is 5.71 Å². The Balaban J connectivity index is 3.05. The first kappa shape index (κ1) is 104. The molecule has 0 N–H and O–H groups in total. The Morgan fingerprint density at radius 3 is 0.514 bits per heavy atom. The second kappa shape index (κ2) is 80.1. The Morgan fingerprint density at radius 2 is 0.326 bits per heavy atom. The molecule has 0 aromatic rings. The van der Waals surface area contributed by atoms with Crippen molar-refractivity contribution in [3.8, 4) is 724 Å². The van der Waals surface area contributed by atoms with Crippen molar-refractivity contribution < 1.29 is 0 Å². The fourth-order valence-corrected chi connectivity index (χ4v) is 7.99. The van der Waals surface area contributed by atoms with Crippen molar-refractivity contribution in [2.24, 2.45) is 22.2 Å². The van der Waals surface area contributed by atoms with Crippen molar-refractivity contribution in [3.63, 3.8) is 0 Å². The van der Waals surface area contributed by atoms with Crippen molar-refractivity contribution in [3.05, 3.63) is 33.4 Å². The standard InChI is InChI=1S/C137H19N/c1-8-15-22-29-36-43-50-57-63-67-69-71-75-81-87-94-101-108-115-122-130-129(121-114-107-100-93-86-80-74-70-65-59-52-45-38-31-24-17-10-3)131(123-116-109-102-95-88-83-76-66-60-53-46-39-32-25-18-11-4)137(132(130)124-117-110-103-96-89-84-77-72-68-64-58-51-44-37-30-23-16-9-2)133(125-118-111-104-97-90-78-56-49-42-35-28-21-14-7)135-128(120-113-106-99-92-85-79-73-61-54-47-40-33-26-19-12-5)127-138-136(135)134(137)126-119-112-105-98-91-82-62-55-48-41-34-27-20-13-6/h2,4,6,133-134H,127H2,1,3,5,7H3. The van der Waals surface area contributed by atoms with E-state index in [0.717, 1.165) is 0 Å². The maximum absolute atomic E-state index is 5.17. The van der Waals surface area contributed by atoms with E-state index in [0.29, 0.717) is 16.9 Å². The Hall–Kier alpha value is -27.9. The highest BCUT2D eigenvalue weighted by atomic mass is 14.8. The summed E-state index contributed by atoms with van der Waals surface area (Å²) in [6, 6.07) is 0. The molecule has 0 saturated heterocycles. The largest absolute Gasteiger partial charge is 0.283 e. The van der Waals surface area contributed by atoms with E-state index in [1.54, 1.807) is 27.7 Å². The van der Waals surface area contributed by atoms with Gasteiger partial charge >= 0.3 is 0 Å². The van der Waals surface area contributed by atoms with Gasteiger partial charge in [0.25, 0.3) is 0 Å². The molecule has 1 spiro atoms. The number of hydrogen-bond donors (Lipinski definition) is 0. The molecule has 3 atom stereocenters. The highest BCUT2D eigenvalue weighted by molar-refractivity contribution is 6.13. The van der Waals surface area contributed by atoms with Gasteiger partial charge in [-0.2, -0.15) is 0 Å². The van der Waals surface area contributed by atoms with Crippen LogP contribution in [0.5, 0.6) is 0 Å². The van der Waals surface area contributed by atoms with E-state index in [9.17, 15) is 0 Å². The summed E-state index contributed by atoms with van der Waals surface area (Å²) in [6.45, 7) is 6.55. The lowest BCUT2D eigenvalue weighted by Gasteiger charge is -2.34. The van der Waals surface area contributed by atoms with Crippen molar-refractivity contribution in [1.82, 2.24) is 0 Å². The lowest BCUT2D eigenvalue weighted by Crippen LogP contribution is -2.35. The van der Waals surface area contributed by atoms with Crippen LogP contribution in [0.3, 0.4) is 0 Å². The predicted octanol–water partition coefficient (Wildman–Crippen LogP) is 3.75. The predicted molar refractivity (Wildman–Crippen MR) is 543 cm³/mol. The van der Waals surface area contributed by atoms with Crippen molar-refractivity contribution in [2.45, 2.75) is 27.7 Å². The molecule has 0 amide bonds. The number of allylic oxidation sites excluding steroid dienone is 5. The zero-order valence-corrected chi connectivity index (χ0v) is 71.5. The number of aliphatic imine (C=N–C) groups is 1. The minimum Gasteiger partial charge on any atom is -0.283 e. The smallest absolute Gasteiger partial charge is 0.0800 e. The molecular weight excluding hydrogens is 1660 g/mol. The third kappa shape index (κ3) is 51.5. The fraction of sp³-hybridized carbons (Fsp3) is 0.0584. The second-order valence-corrected chi connectivity index (χ2v) is 20.3. The lowest BCUT2D eigenvalue weighted by molar-refractivity contribution is 0.384. The third-order valence-corrected chi connectivity index (χ3v) is 12.3. The average Bonchev–Trinajstić information content (AvgIpc) is 1.51. The molecule has 3 aliphatic rings. The maximum atomic E-state index is 5.17. The van der Waals surface area contributed by atoms with Crippen LogP contribution in [0.15, 0.2) is 38.4 Å². The van der Waals surface area contributed by atoms with Gasteiger partial charge in [-0.25, -0.2) is 0 Å². The van der Waals surface area contributed by atoms with Gasteiger partial charge in [0.1, 0.15) is 0 Å². The molecule has 0 aromatic heterocycles. The Bertz CT molecular complexity index is 10000. The minimum atomic E-state index is -1.88. The summed E-state index contributed by atoms with van der Waals surface area (Å²) in [5, 5.41) is 0. The zero-order chi connectivity index (χ0) is 98.3. The van der Waals surface area contributed by atoms with Crippen molar-refractivity contribution in [1.29, 1.82) is 0 Å². The van der Waals surface area contributed by atoms with Gasteiger partial charge in [-0.15, -0.1) is 19.3 Å². The Labute approximate surface area is 813 Å². The summed E-state index contributed by atoms with van der Waals surface area (Å²) in [7, 11) is 0. The number of rotatable bonds is 0. The van der Waals surface area contributed by atoms with Gasteiger partial charge in [-0.05, 0) is 643 Å². The van der Waals surface area contributed by atoms with Gasteiger partial charge in [0.05, 0.1) is 40.7 Å². The van der Waals surface area contributed by atoms with Crippen LogP contribution in [-0.2, 0) is 0 Å². The monoisotopic (exact) mass is 1680 g/mol. The first-order chi connectivity index (χ1) is 68.6. The summed E-state index contributed by atoms with van der Waals surface area (Å²) in [5.74, 6) is 311. The van der Waals surface area contributed by atoms with E-state index >= 15 is 0 Å². The molecule has 1 saturated carbocycles. The zero-order valence-electron chi connectivity index (χ0n) is 71.5. The van der Waals surface area contributed by atoms with E-state index in [2.05, 4.69) is 705 Å². The molecule has 1 heterocycles. The van der Waals surface area contributed by atoms with E-state index < -0.39 is 17.3 Å². The van der Waals surface area contributed by atoms with Crippen LogP contribution >= 0.6 is 0 Å². The van der Waals surface area contributed by atoms with Gasteiger partial charge in [0, 0.05) is 46.0 Å². The van der Waals surface area contributed by atoms with Gasteiger partial charge in [-0.1, -0.05) is 65.1 Å².